The molecule has 0 saturated heterocycles. The van der Waals surface area contributed by atoms with E-state index in [0.717, 1.165) is 33.5 Å². The van der Waals surface area contributed by atoms with Gasteiger partial charge in [0.1, 0.15) is 5.75 Å². The molecule has 0 radical (unpaired) electrons. The molecule has 3 aromatic carbocycles. The third-order valence-corrected chi connectivity index (χ3v) is 5.84. The number of fused-ring (bicyclic) bond motifs is 1. The number of methoxy groups -OCH3 is 3. The van der Waals surface area contributed by atoms with Gasteiger partial charge in [-0.05, 0) is 48.4 Å². The van der Waals surface area contributed by atoms with E-state index in [-0.39, 0.29) is 5.91 Å². The van der Waals surface area contributed by atoms with E-state index in [0.29, 0.717) is 30.0 Å². The number of amides is 1. The fourth-order valence-corrected chi connectivity index (χ4v) is 3.92. The van der Waals surface area contributed by atoms with Gasteiger partial charge in [-0.1, -0.05) is 36.4 Å². The summed E-state index contributed by atoms with van der Waals surface area (Å²) >= 11 is 0. The van der Waals surface area contributed by atoms with Gasteiger partial charge in [0.25, 0.3) is 5.91 Å². The number of para-hydroxylation sites is 1. The molecular weight excluding hydrogens is 428 g/mol. The van der Waals surface area contributed by atoms with Crippen LogP contribution < -0.4 is 14.2 Å². The smallest absolute Gasteiger partial charge is 0.254 e. The van der Waals surface area contributed by atoms with E-state index in [1.54, 1.807) is 26.2 Å². The fourth-order valence-electron chi connectivity index (χ4n) is 3.92. The lowest BCUT2D eigenvalue weighted by molar-refractivity contribution is 0.0798. The largest absolute Gasteiger partial charge is 0.497 e. The summed E-state index contributed by atoms with van der Waals surface area (Å²) in [6, 6.07) is 23.1. The van der Waals surface area contributed by atoms with Crippen molar-refractivity contribution < 1.29 is 19.0 Å². The minimum absolute atomic E-state index is 0.0526. The van der Waals surface area contributed by atoms with Crippen molar-refractivity contribution in [1.29, 1.82) is 0 Å². The summed E-state index contributed by atoms with van der Waals surface area (Å²) in [5.74, 6) is 2.05. The molecule has 0 saturated carbocycles. The lowest BCUT2D eigenvalue weighted by Gasteiger charge is -2.19. The Morgan fingerprint density at radius 2 is 1.65 bits per heavy atom. The second kappa shape index (κ2) is 10.3. The molecule has 0 fully saturated rings. The number of carbonyl (C=O) groups excluding carboxylic acids is 1. The summed E-state index contributed by atoms with van der Waals surface area (Å²) in [5, 5.41) is 0.831. The molecule has 174 valence electrons. The van der Waals surface area contributed by atoms with E-state index in [2.05, 4.69) is 0 Å². The van der Waals surface area contributed by atoms with Gasteiger partial charge in [-0.25, -0.2) is 4.98 Å². The Balaban J connectivity index is 1.62. The third-order valence-electron chi connectivity index (χ3n) is 5.84. The van der Waals surface area contributed by atoms with Crippen molar-refractivity contribution in [3.05, 3.63) is 83.9 Å². The Morgan fingerprint density at radius 1 is 0.853 bits per heavy atom. The maximum absolute atomic E-state index is 13.5. The quantitative estimate of drug-likeness (QED) is 0.363. The summed E-state index contributed by atoms with van der Waals surface area (Å²) in [7, 11) is 6.69. The molecule has 0 unspecified atom stereocenters. The average molecular weight is 457 g/mol. The molecule has 0 atom stereocenters. The maximum Gasteiger partial charge on any atom is 0.254 e. The lowest BCUT2D eigenvalue weighted by atomic mass is 10.0. The van der Waals surface area contributed by atoms with E-state index in [9.17, 15) is 4.79 Å². The van der Waals surface area contributed by atoms with Gasteiger partial charge in [0, 0.05) is 24.5 Å². The summed E-state index contributed by atoms with van der Waals surface area (Å²) in [5.41, 5.74) is 4.09. The zero-order valence-electron chi connectivity index (χ0n) is 19.9. The molecule has 0 aliphatic rings. The van der Waals surface area contributed by atoms with Crippen LogP contribution in [0.2, 0.25) is 0 Å². The predicted octanol–water partition coefficient (Wildman–Crippen LogP) is 5.24. The van der Waals surface area contributed by atoms with Crippen molar-refractivity contribution in [2.45, 2.75) is 6.42 Å². The topological polar surface area (TPSA) is 60.9 Å². The molecule has 1 aromatic heterocycles. The Morgan fingerprint density at radius 3 is 2.41 bits per heavy atom. The fraction of sp³-hybridized carbons (Fsp3) is 0.214. The van der Waals surface area contributed by atoms with Crippen LogP contribution in [0.4, 0.5) is 0 Å². The molecule has 6 nitrogen and oxygen atoms in total. The van der Waals surface area contributed by atoms with Crippen LogP contribution in [-0.2, 0) is 6.42 Å². The number of pyridine rings is 1. The van der Waals surface area contributed by atoms with Crippen LogP contribution in [0.25, 0.3) is 22.2 Å². The number of rotatable bonds is 8. The van der Waals surface area contributed by atoms with E-state index in [1.165, 1.54) is 0 Å². The number of likely N-dealkylation sites (N-methyl/N-ethyl adjacent to an activating group) is 1. The molecule has 0 bridgehead atoms. The molecule has 0 aliphatic heterocycles. The van der Waals surface area contributed by atoms with E-state index < -0.39 is 0 Å². The van der Waals surface area contributed by atoms with Gasteiger partial charge in [-0.2, -0.15) is 0 Å². The van der Waals surface area contributed by atoms with Gasteiger partial charge in [0.2, 0.25) is 0 Å². The molecule has 4 rings (SSSR count). The molecule has 1 heterocycles. The van der Waals surface area contributed by atoms with Crippen LogP contribution in [-0.4, -0.2) is 50.7 Å². The Kier molecular flexibility index (Phi) is 6.97. The third kappa shape index (κ3) is 4.81. The van der Waals surface area contributed by atoms with Gasteiger partial charge in [-0.15, -0.1) is 0 Å². The molecule has 0 N–H and O–H groups in total. The number of aromatic nitrogens is 1. The van der Waals surface area contributed by atoms with Crippen molar-refractivity contribution in [2.24, 2.45) is 0 Å². The molecule has 4 aromatic rings. The Labute approximate surface area is 199 Å². The zero-order chi connectivity index (χ0) is 24.1. The number of carbonyl (C=O) groups is 1. The summed E-state index contributed by atoms with van der Waals surface area (Å²) in [6.07, 6.45) is 0.689. The zero-order valence-corrected chi connectivity index (χ0v) is 19.9. The summed E-state index contributed by atoms with van der Waals surface area (Å²) in [6.45, 7) is 0.555. The Hall–Kier alpha value is -4.06. The molecule has 0 spiro atoms. The van der Waals surface area contributed by atoms with Gasteiger partial charge < -0.3 is 19.1 Å². The highest BCUT2D eigenvalue weighted by atomic mass is 16.5. The number of nitrogens with zero attached hydrogens (tertiary/aromatic N) is 2. The van der Waals surface area contributed by atoms with Crippen LogP contribution in [0.15, 0.2) is 72.8 Å². The normalized spacial score (nSPS) is 10.7. The highest BCUT2D eigenvalue weighted by Gasteiger charge is 2.18. The van der Waals surface area contributed by atoms with E-state index >= 15 is 0 Å². The van der Waals surface area contributed by atoms with Crippen molar-refractivity contribution in [3.8, 4) is 28.5 Å². The molecular formula is C28H28N2O4. The number of ether oxygens (including phenoxy) is 3. The SMILES string of the molecule is COc1cccc(-c2cc(C(=O)N(C)CCc3ccc(OC)c(OC)c3)c3ccccc3n2)c1. The maximum atomic E-state index is 13.5. The first-order valence-corrected chi connectivity index (χ1v) is 11.0. The minimum atomic E-state index is -0.0526. The van der Waals surface area contributed by atoms with Gasteiger partial charge in [-0.3, -0.25) is 4.79 Å². The van der Waals surface area contributed by atoms with Gasteiger partial charge >= 0.3 is 0 Å². The summed E-state index contributed by atoms with van der Waals surface area (Å²) < 4.78 is 16.1. The first-order chi connectivity index (χ1) is 16.5. The molecule has 1 amide bonds. The first kappa shape index (κ1) is 23.1. The van der Waals surface area contributed by atoms with Crippen molar-refractivity contribution in [1.82, 2.24) is 9.88 Å². The second-order valence-corrected chi connectivity index (χ2v) is 7.97. The van der Waals surface area contributed by atoms with Crippen molar-refractivity contribution >= 4 is 16.8 Å². The van der Waals surface area contributed by atoms with Crippen molar-refractivity contribution in [2.75, 3.05) is 34.9 Å². The minimum Gasteiger partial charge on any atom is -0.497 e. The van der Waals surface area contributed by atoms with Crippen LogP contribution >= 0.6 is 0 Å². The number of benzene rings is 3. The molecule has 6 heteroatoms. The Bertz CT molecular complexity index is 1320. The first-order valence-electron chi connectivity index (χ1n) is 11.0. The van der Waals surface area contributed by atoms with E-state index in [4.69, 9.17) is 19.2 Å². The van der Waals surface area contributed by atoms with E-state index in [1.807, 2.05) is 79.8 Å². The highest BCUT2D eigenvalue weighted by Crippen LogP contribution is 2.29. The average Bonchev–Trinajstić information content (AvgIpc) is 2.90. The van der Waals surface area contributed by atoms with Gasteiger partial charge in [0.15, 0.2) is 11.5 Å². The standard InChI is InChI=1S/C28H28N2O4/c1-30(15-14-19-12-13-26(33-3)27(16-19)34-4)28(31)23-18-25(20-8-7-9-21(17-20)32-2)29-24-11-6-5-10-22(23)24/h5-13,16-18H,14-15H2,1-4H3. The monoisotopic (exact) mass is 456 g/mol. The predicted molar refractivity (Wildman–Crippen MR) is 134 cm³/mol. The van der Waals surface area contributed by atoms with Crippen LogP contribution in [0.5, 0.6) is 17.2 Å². The van der Waals surface area contributed by atoms with Gasteiger partial charge in [0.05, 0.1) is 38.1 Å². The second-order valence-electron chi connectivity index (χ2n) is 7.97. The summed E-state index contributed by atoms with van der Waals surface area (Å²) in [4.78, 5) is 20.1. The highest BCUT2D eigenvalue weighted by molar-refractivity contribution is 6.07. The molecule has 0 aliphatic carbocycles. The molecule has 34 heavy (non-hydrogen) atoms. The van der Waals surface area contributed by atoms with Crippen molar-refractivity contribution in [3.63, 3.8) is 0 Å². The van der Waals surface area contributed by atoms with Crippen LogP contribution in [0.3, 0.4) is 0 Å². The number of hydrogen-bond acceptors (Lipinski definition) is 5. The van der Waals surface area contributed by atoms with Crippen LogP contribution in [0, 0.1) is 0 Å². The van der Waals surface area contributed by atoms with Crippen LogP contribution in [0.1, 0.15) is 15.9 Å². The lowest BCUT2D eigenvalue weighted by Crippen LogP contribution is -2.29. The number of hydrogen-bond donors (Lipinski definition) is 0.